The maximum Gasteiger partial charge on any atom is 0.272 e. The Morgan fingerprint density at radius 3 is 2.57 bits per heavy atom. The SMILES string of the molecule is C#CCN1C(=O)C(CC)(CC)Oc2c(OCC)cc(C=O)cc21. The van der Waals surface area contributed by atoms with Crippen molar-refractivity contribution in [3.8, 4) is 23.8 Å². The molecule has 5 heteroatoms. The molecular weight excluding hydrogens is 294 g/mol. The zero-order chi connectivity index (χ0) is 17.0. The van der Waals surface area contributed by atoms with Gasteiger partial charge in [-0.2, -0.15) is 0 Å². The van der Waals surface area contributed by atoms with Gasteiger partial charge < -0.3 is 9.47 Å². The van der Waals surface area contributed by atoms with Crippen molar-refractivity contribution < 1.29 is 19.1 Å². The molecule has 1 heterocycles. The number of carbonyl (C=O) groups excluding carboxylic acids is 2. The van der Waals surface area contributed by atoms with E-state index in [9.17, 15) is 9.59 Å². The van der Waals surface area contributed by atoms with E-state index in [2.05, 4.69) is 5.92 Å². The fraction of sp³-hybridized carbons (Fsp3) is 0.444. The van der Waals surface area contributed by atoms with Crippen LogP contribution in [0.5, 0.6) is 11.5 Å². The molecule has 0 saturated carbocycles. The molecular formula is C18H21NO4. The van der Waals surface area contributed by atoms with E-state index in [4.69, 9.17) is 15.9 Å². The van der Waals surface area contributed by atoms with E-state index in [1.165, 1.54) is 4.90 Å². The van der Waals surface area contributed by atoms with Gasteiger partial charge in [-0.1, -0.05) is 19.8 Å². The highest BCUT2D eigenvalue weighted by molar-refractivity contribution is 6.04. The molecule has 0 saturated heterocycles. The van der Waals surface area contributed by atoms with Crippen LogP contribution in [0.1, 0.15) is 44.0 Å². The molecule has 0 atom stereocenters. The minimum absolute atomic E-state index is 0.116. The van der Waals surface area contributed by atoms with E-state index in [-0.39, 0.29) is 12.5 Å². The number of amides is 1. The molecule has 1 aromatic rings. The largest absolute Gasteiger partial charge is 0.490 e. The third kappa shape index (κ3) is 2.77. The van der Waals surface area contributed by atoms with Crippen LogP contribution in [0.2, 0.25) is 0 Å². The van der Waals surface area contributed by atoms with Crippen LogP contribution >= 0.6 is 0 Å². The van der Waals surface area contributed by atoms with Crippen LogP contribution in [0.15, 0.2) is 12.1 Å². The maximum atomic E-state index is 12.9. The number of hydrogen-bond donors (Lipinski definition) is 0. The lowest BCUT2D eigenvalue weighted by Crippen LogP contribution is -2.55. The van der Waals surface area contributed by atoms with Gasteiger partial charge in [0.15, 0.2) is 17.1 Å². The van der Waals surface area contributed by atoms with Crippen LogP contribution in [0, 0.1) is 12.3 Å². The summed E-state index contributed by atoms with van der Waals surface area (Å²) in [6, 6.07) is 3.23. The number of aldehydes is 1. The Hall–Kier alpha value is -2.48. The predicted octanol–water partition coefficient (Wildman–Crippen LogP) is 2.82. The molecule has 1 amide bonds. The second kappa shape index (κ2) is 6.74. The van der Waals surface area contributed by atoms with Crippen molar-refractivity contribution in [2.24, 2.45) is 0 Å². The van der Waals surface area contributed by atoms with Crippen molar-refractivity contribution >= 4 is 17.9 Å². The second-order valence-corrected chi connectivity index (χ2v) is 5.32. The monoisotopic (exact) mass is 315 g/mol. The summed E-state index contributed by atoms with van der Waals surface area (Å²) < 4.78 is 11.7. The number of rotatable bonds is 6. The number of benzene rings is 1. The van der Waals surface area contributed by atoms with Crippen LogP contribution in [-0.2, 0) is 4.79 Å². The van der Waals surface area contributed by atoms with E-state index < -0.39 is 5.60 Å². The smallest absolute Gasteiger partial charge is 0.272 e. The fourth-order valence-corrected chi connectivity index (χ4v) is 2.78. The van der Waals surface area contributed by atoms with Gasteiger partial charge in [0.05, 0.1) is 18.8 Å². The summed E-state index contributed by atoms with van der Waals surface area (Å²) in [5.74, 6) is 3.24. The van der Waals surface area contributed by atoms with Gasteiger partial charge in [0.2, 0.25) is 0 Å². The summed E-state index contributed by atoms with van der Waals surface area (Å²) in [5, 5.41) is 0. The number of hydrogen-bond acceptors (Lipinski definition) is 4. The van der Waals surface area contributed by atoms with Gasteiger partial charge >= 0.3 is 0 Å². The molecule has 0 spiro atoms. The second-order valence-electron chi connectivity index (χ2n) is 5.32. The van der Waals surface area contributed by atoms with Gasteiger partial charge in [-0.3, -0.25) is 14.5 Å². The number of anilines is 1. The summed E-state index contributed by atoms with van der Waals surface area (Å²) >= 11 is 0. The lowest BCUT2D eigenvalue weighted by atomic mass is 9.92. The van der Waals surface area contributed by atoms with Crippen molar-refractivity contribution in [3.63, 3.8) is 0 Å². The number of nitrogens with zero attached hydrogens (tertiary/aromatic N) is 1. The Balaban J connectivity index is 2.69. The highest BCUT2D eigenvalue weighted by atomic mass is 16.5. The van der Waals surface area contributed by atoms with Crippen LogP contribution in [-0.4, -0.2) is 30.9 Å². The first-order valence-corrected chi connectivity index (χ1v) is 7.77. The average Bonchev–Trinajstić information content (AvgIpc) is 2.57. The molecule has 1 aliphatic rings. The van der Waals surface area contributed by atoms with Crippen LogP contribution < -0.4 is 14.4 Å². The van der Waals surface area contributed by atoms with Gasteiger partial charge in [0.1, 0.15) is 6.29 Å². The molecule has 0 bridgehead atoms. The van der Waals surface area contributed by atoms with E-state index in [0.717, 1.165) is 0 Å². The first-order chi connectivity index (χ1) is 11.1. The summed E-state index contributed by atoms with van der Waals surface area (Å²) in [6.45, 7) is 6.19. The lowest BCUT2D eigenvalue weighted by molar-refractivity contribution is -0.136. The van der Waals surface area contributed by atoms with E-state index in [1.807, 2.05) is 20.8 Å². The van der Waals surface area contributed by atoms with Gasteiger partial charge in [0, 0.05) is 5.56 Å². The number of fused-ring (bicyclic) bond motifs is 1. The van der Waals surface area contributed by atoms with Gasteiger partial charge in [0.25, 0.3) is 5.91 Å². The van der Waals surface area contributed by atoms with Gasteiger partial charge in [-0.05, 0) is 31.9 Å². The molecule has 0 aromatic heterocycles. The molecule has 23 heavy (non-hydrogen) atoms. The van der Waals surface area contributed by atoms with E-state index in [1.54, 1.807) is 12.1 Å². The Morgan fingerprint density at radius 2 is 2.04 bits per heavy atom. The van der Waals surface area contributed by atoms with E-state index in [0.29, 0.717) is 48.5 Å². The van der Waals surface area contributed by atoms with Crippen molar-refractivity contribution in [1.82, 2.24) is 0 Å². The topological polar surface area (TPSA) is 55.8 Å². The van der Waals surface area contributed by atoms with Gasteiger partial charge in [-0.15, -0.1) is 6.42 Å². The highest BCUT2D eigenvalue weighted by Gasteiger charge is 2.46. The number of terminal acetylenes is 1. The lowest BCUT2D eigenvalue weighted by Gasteiger charge is -2.41. The van der Waals surface area contributed by atoms with E-state index >= 15 is 0 Å². The zero-order valence-corrected chi connectivity index (χ0v) is 13.7. The maximum absolute atomic E-state index is 12.9. The summed E-state index contributed by atoms with van der Waals surface area (Å²) in [4.78, 5) is 25.6. The number of ether oxygens (including phenoxy) is 2. The normalized spacial score (nSPS) is 15.4. The zero-order valence-electron chi connectivity index (χ0n) is 13.7. The summed E-state index contributed by atoms with van der Waals surface area (Å²) in [5.41, 5.74) is -0.0667. The van der Waals surface area contributed by atoms with Crippen molar-refractivity contribution in [2.75, 3.05) is 18.1 Å². The predicted molar refractivity (Wildman–Crippen MR) is 88.1 cm³/mol. The minimum Gasteiger partial charge on any atom is -0.490 e. The standard InChI is InChI=1S/C18H21NO4/c1-5-9-19-14-10-13(12-20)11-15(22-8-4)16(14)23-18(6-2,7-3)17(19)21/h1,10-12H,6-9H2,2-4H3. The van der Waals surface area contributed by atoms with Crippen molar-refractivity contribution in [2.45, 2.75) is 39.2 Å². The molecule has 1 aromatic carbocycles. The first kappa shape index (κ1) is 16.9. The highest BCUT2D eigenvalue weighted by Crippen LogP contribution is 2.46. The molecule has 0 fully saturated rings. The molecule has 0 unspecified atom stereocenters. The molecule has 2 rings (SSSR count). The number of carbonyl (C=O) groups is 2. The Labute approximate surface area is 136 Å². The molecule has 0 radical (unpaired) electrons. The van der Waals surface area contributed by atoms with Crippen LogP contribution in [0.4, 0.5) is 5.69 Å². The average molecular weight is 315 g/mol. The Kier molecular flexibility index (Phi) is 4.95. The first-order valence-electron chi connectivity index (χ1n) is 7.77. The fourth-order valence-electron chi connectivity index (χ4n) is 2.78. The molecule has 0 aliphatic carbocycles. The Morgan fingerprint density at radius 1 is 1.35 bits per heavy atom. The minimum atomic E-state index is -0.960. The third-order valence-corrected chi connectivity index (χ3v) is 4.11. The molecule has 1 aliphatic heterocycles. The third-order valence-electron chi connectivity index (χ3n) is 4.11. The summed E-state index contributed by atoms with van der Waals surface area (Å²) in [6.07, 6.45) is 7.18. The quantitative estimate of drug-likeness (QED) is 0.598. The van der Waals surface area contributed by atoms with Crippen LogP contribution in [0.25, 0.3) is 0 Å². The molecule has 122 valence electrons. The Bertz CT molecular complexity index is 656. The van der Waals surface area contributed by atoms with Crippen LogP contribution in [0.3, 0.4) is 0 Å². The van der Waals surface area contributed by atoms with Gasteiger partial charge in [-0.25, -0.2) is 0 Å². The molecule has 5 nitrogen and oxygen atoms in total. The van der Waals surface area contributed by atoms with Crippen molar-refractivity contribution in [1.29, 1.82) is 0 Å². The van der Waals surface area contributed by atoms with Crippen molar-refractivity contribution in [3.05, 3.63) is 17.7 Å². The summed E-state index contributed by atoms with van der Waals surface area (Å²) in [7, 11) is 0. The molecule has 0 N–H and O–H groups in total.